The summed E-state index contributed by atoms with van der Waals surface area (Å²) in [5, 5.41) is 8.34. The van der Waals surface area contributed by atoms with Crippen molar-refractivity contribution in [1.29, 1.82) is 0 Å². The number of aromatic nitrogens is 2. The van der Waals surface area contributed by atoms with Crippen molar-refractivity contribution < 1.29 is 9.53 Å². The molecule has 2 amide bonds. The fourth-order valence-electron chi connectivity index (χ4n) is 3.88. The van der Waals surface area contributed by atoms with Crippen molar-refractivity contribution in [2.45, 2.75) is 25.1 Å². The Hall–Kier alpha value is -3.55. The van der Waals surface area contributed by atoms with Crippen LogP contribution in [-0.4, -0.2) is 79.5 Å². The molecule has 3 rings (SSSR count). The van der Waals surface area contributed by atoms with Gasteiger partial charge in [-0.05, 0) is 56.3 Å². The molecule has 2 heterocycles. The molecule has 0 bridgehead atoms. The summed E-state index contributed by atoms with van der Waals surface area (Å²) in [4.78, 5) is 29.5. The lowest BCUT2D eigenvalue weighted by Gasteiger charge is -2.27. The molecule has 0 aliphatic heterocycles. The van der Waals surface area contributed by atoms with Gasteiger partial charge in [0.15, 0.2) is 5.96 Å². The molecule has 0 atom stereocenters. The fraction of sp³-hybridized carbons (Fsp3) is 0.429. The SMILES string of the molecule is COc1ccc(CN(CCN(C)CCCCNC(=O)NCCSCc2csc(N=C(N)N)n2)c2ccccn2)cc1. The highest BCUT2D eigenvalue weighted by atomic mass is 32.2. The lowest BCUT2D eigenvalue weighted by molar-refractivity contribution is 0.241. The normalized spacial score (nSPS) is 10.8. The van der Waals surface area contributed by atoms with Crippen LogP contribution in [0.2, 0.25) is 0 Å². The minimum atomic E-state index is -0.132. The molecule has 0 spiro atoms. The topological polar surface area (TPSA) is 147 Å². The Kier molecular flexibility index (Phi) is 14.0. The van der Waals surface area contributed by atoms with Gasteiger partial charge in [-0.25, -0.2) is 14.8 Å². The molecule has 41 heavy (non-hydrogen) atoms. The molecule has 3 aromatic rings. The van der Waals surface area contributed by atoms with Crippen molar-refractivity contribution in [3.63, 3.8) is 0 Å². The molecule has 0 unspecified atom stereocenters. The number of thioether (sulfide) groups is 1. The van der Waals surface area contributed by atoms with Crippen LogP contribution in [0.25, 0.3) is 0 Å². The van der Waals surface area contributed by atoms with E-state index in [0.29, 0.717) is 18.2 Å². The van der Waals surface area contributed by atoms with Gasteiger partial charge < -0.3 is 36.6 Å². The molecule has 0 radical (unpaired) electrons. The van der Waals surface area contributed by atoms with Crippen LogP contribution in [0.3, 0.4) is 0 Å². The lowest BCUT2D eigenvalue weighted by atomic mass is 10.2. The quantitative estimate of drug-likeness (QED) is 0.0981. The van der Waals surface area contributed by atoms with E-state index in [1.807, 2.05) is 41.9 Å². The van der Waals surface area contributed by atoms with E-state index < -0.39 is 0 Å². The highest BCUT2D eigenvalue weighted by molar-refractivity contribution is 7.98. The average Bonchev–Trinajstić information content (AvgIpc) is 3.42. The molecule has 13 heteroatoms. The van der Waals surface area contributed by atoms with E-state index in [1.54, 1.807) is 18.9 Å². The Morgan fingerprint density at radius 1 is 1.07 bits per heavy atom. The number of carbonyl (C=O) groups excluding carboxylic acids is 1. The van der Waals surface area contributed by atoms with Crippen molar-refractivity contribution in [1.82, 2.24) is 25.5 Å². The zero-order valence-corrected chi connectivity index (χ0v) is 25.4. The van der Waals surface area contributed by atoms with Gasteiger partial charge in [0.05, 0.1) is 12.8 Å². The number of benzene rings is 1. The predicted octanol–water partition coefficient (Wildman–Crippen LogP) is 3.40. The molecule has 11 nitrogen and oxygen atoms in total. The number of unbranched alkanes of at least 4 members (excludes halogenated alkanes) is 1. The Morgan fingerprint density at radius 3 is 2.61 bits per heavy atom. The Morgan fingerprint density at radius 2 is 1.88 bits per heavy atom. The van der Waals surface area contributed by atoms with Crippen molar-refractivity contribution in [2.75, 3.05) is 57.5 Å². The van der Waals surface area contributed by atoms with Crippen molar-refractivity contribution >= 4 is 46.0 Å². The van der Waals surface area contributed by atoms with E-state index in [0.717, 1.165) is 67.8 Å². The third-order valence-corrected chi connectivity index (χ3v) is 7.83. The predicted molar refractivity (Wildman–Crippen MR) is 170 cm³/mol. The summed E-state index contributed by atoms with van der Waals surface area (Å²) < 4.78 is 5.28. The smallest absolute Gasteiger partial charge is 0.314 e. The highest BCUT2D eigenvalue weighted by Gasteiger charge is 2.10. The number of hydrogen-bond donors (Lipinski definition) is 4. The first kappa shape index (κ1) is 32.0. The number of thiazole rings is 1. The van der Waals surface area contributed by atoms with Crippen LogP contribution in [0.15, 0.2) is 59.0 Å². The fourth-order valence-corrected chi connectivity index (χ4v) is 5.44. The van der Waals surface area contributed by atoms with Gasteiger partial charge in [0, 0.05) is 55.8 Å². The minimum absolute atomic E-state index is 0.00501. The number of carbonyl (C=O) groups is 1. The minimum Gasteiger partial charge on any atom is -0.497 e. The van der Waals surface area contributed by atoms with Crippen LogP contribution in [0.5, 0.6) is 5.75 Å². The summed E-state index contributed by atoms with van der Waals surface area (Å²) in [6.45, 7) is 4.74. The first-order valence-electron chi connectivity index (χ1n) is 13.5. The molecule has 0 aliphatic rings. The number of anilines is 1. The number of amides is 2. The average molecular weight is 600 g/mol. The monoisotopic (exact) mass is 599 g/mol. The molecule has 1 aromatic carbocycles. The summed E-state index contributed by atoms with van der Waals surface area (Å²) in [5.74, 6) is 3.36. The number of rotatable bonds is 18. The standard InChI is InChI=1S/C28H41N9O2S2/c1-36(16-17-37(25-7-3-4-12-31-25)19-22-8-10-24(39-2)11-9-22)15-6-5-13-32-27(38)33-14-18-40-20-23-21-41-28(34-23)35-26(29)30/h3-4,7-12,21H,5-6,13-20H2,1-2H3,(H2,32,33,38)(H4,29,30,34,35). The molecule has 2 aromatic heterocycles. The molecule has 222 valence electrons. The van der Waals surface area contributed by atoms with Gasteiger partial charge >= 0.3 is 6.03 Å². The number of aliphatic imine (C=N–C) groups is 1. The maximum atomic E-state index is 12.1. The van der Waals surface area contributed by atoms with Crippen LogP contribution < -0.4 is 31.7 Å². The molecular weight excluding hydrogens is 559 g/mol. The van der Waals surface area contributed by atoms with Crippen LogP contribution in [-0.2, 0) is 12.3 Å². The van der Waals surface area contributed by atoms with Gasteiger partial charge in [-0.1, -0.05) is 18.2 Å². The second kappa shape index (κ2) is 18.0. The molecular formula is C28H41N9O2S2. The maximum Gasteiger partial charge on any atom is 0.314 e. The van der Waals surface area contributed by atoms with E-state index in [9.17, 15) is 4.79 Å². The highest BCUT2D eigenvalue weighted by Crippen LogP contribution is 2.21. The van der Waals surface area contributed by atoms with E-state index in [4.69, 9.17) is 16.2 Å². The van der Waals surface area contributed by atoms with Gasteiger partial charge in [-0.15, -0.1) is 11.3 Å². The summed E-state index contributed by atoms with van der Waals surface area (Å²) in [7, 11) is 3.81. The number of nitrogens with one attached hydrogen (secondary N) is 2. The first-order chi connectivity index (χ1) is 19.9. The second-order valence-corrected chi connectivity index (χ2v) is 11.3. The van der Waals surface area contributed by atoms with Crippen molar-refractivity contribution in [2.24, 2.45) is 16.5 Å². The van der Waals surface area contributed by atoms with Gasteiger partial charge in [-0.3, -0.25) is 0 Å². The van der Waals surface area contributed by atoms with E-state index in [2.05, 4.69) is 54.6 Å². The lowest BCUT2D eigenvalue weighted by Crippen LogP contribution is -2.37. The van der Waals surface area contributed by atoms with Crippen LogP contribution in [0.1, 0.15) is 24.1 Å². The number of methoxy groups -OCH3 is 1. The van der Waals surface area contributed by atoms with Gasteiger partial charge in [0.25, 0.3) is 0 Å². The largest absolute Gasteiger partial charge is 0.497 e. The van der Waals surface area contributed by atoms with Crippen LogP contribution >= 0.6 is 23.1 Å². The van der Waals surface area contributed by atoms with Crippen LogP contribution in [0.4, 0.5) is 15.7 Å². The summed E-state index contributed by atoms with van der Waals surface area (Å²) in [5.41, 5.74) is 12.9. The van der Waals surface area contributed by atoms with Crippen molar-refractivity contribution in [3.05, 3.63) is 65.3 Å². The van der Waals surface area contributed by atoms with Gasteiger partial charge in [0.1, 0.15) is 11.6 Å². The number of hydrogen-bond acceptors (Lipinski definition) is 9. The van der Waals surface area contributed by atoms with Crippen LogP contribution in [0, 0.1) is 0 Å². The molecule has 0 fully saturated rings. The Labute approximate surface area is 250 Å². The summed E-state index contributed by atoms with van der Waals surface area (Å²) in [6, 6.07) is 14.0. The van der Waals surface area contributed by atoms with E-state index >= 15 is 0 Å². The summed E-state index contributed by atoms with van der Waals surface area (Å²) in [6.07, 6.45) is 3.76. The second-order valence-electron chi connectivity index (χ2n) is 9.36. The molecule has 0 saturated heterocycles. The molecule has 0 saturated carbocycles. The summed E-state index contributed by atoms with van der Waals surface area (Å²) >= 11 is 3.10. The number of urea groups is 1. The number of ether oxygens (including phenoxy) is 1. The number of nitrogens with zero attached hydrogens (tertiary/aromatic N) is 5. The van der Waals surface area contributed by atoms with Crippen molar-refractivity contribution in [3.8, 4) is 5.75 Å². The Bertz CT molecular complexity index is 1190. The molecule has 6 N–H and O–H groups in total. The van der Waals surface area contributed by atoms with E-state index in [-0.39, 0.29) is 12.0 Å². The first-order valence-corrected chi connectivity index (χ1v) is 15.6. The number of pyridine rings is 1. The third kappa shape index (κ3) is 12.7. The van der Waals surface area contributed by atoms with E-state index in [1.165, 1.54) is 16.9 Å². The number of likely N-dealkylation sites (N-methyl/N-ethyl adjacent to an activating group) is 1. The number of nitrogens with two attached hydrogens (primary N) is 2. The maximum absolute atomic E-state index is 12.1. The molecule has 0 aliphatic carbocycles. The third-order valence-electron chi connectivity index (χ3n) is 6.06. The number of guanidine groups is 1. The van der Waals surface area contributed by atoms with Gasteiger partial charge in [0.2, 0.25) is 5.13 Å². The zero-order valence-electron chi connectivity index (χ0n) is 23.8. The Balaban J connectivity index is 1.26. The zero-order chi connectivity index (χ0) is 29.3. The van der Waals surface area contributed by atoms with Gasteiger partial charge in [-0.2, -0.15) is 16.8 Å².